The molecule has 0 heterocycles. The van der Waals surface area contributed by atoms with Crippen LogP contribution in [0.25, 0.3) is 0 Å². The third-order valence-electron chi connectivity index (χ3n) is 2.78. The molecule has 0 aliphatic rings. The molecule has 0 saturated carbocycles. The second kappa shape index (κ2) is 4.82. The maximum absolute atomic E-state index is 11.8. The van der Waals surface area contributed by atoms with Crippen molar-refractivity contribution in [1.29, 1.82) is 0 Å². The summed E-state index contributed by atoms with van der Waals surface area (Å²) in [4.78, 5) is 23.6. The normalized spacial score (nSPS) is 11.4. The number of hydrogen-bond donors (Lipinski definition) is 0. The summed E-state index contributed by atoms with van der Waals surface area (Å²) < 4.78 is 0. The fourth-order valence-corrected chi connectivity index (χ4v) is 1.72. The van der Waals surface area contributed by atoms with E-state index < -0.39 is 5.41 Å². The average molecular weight is 232 g/mol. The molecule has 0 aliphatic heterocycles. The third kappa shape index (κ3) is 3.52. The van der Waals surface area contributed by atoms with Gasteiger partial charge in [0.2, 0.25) is 11.6 Å². The SMILES string of the molecule is Cc1ccc(CC(=O)C(=O)C(C)(C)C)c(C)c1. The van der Waals surface area contributed by atoms with Crippen LogP contribution in [0.4, 0.5) is 0 Å². The molecule has 1 aromatic carbocycles. The molecule has 1 rings (SSSR count). The van der Waals surface area contributed by atoms with Gasteiger partial charge in [-0.1, -0.05) is 44.5 Å². The Morgan fingerprint density at radius 1 is 1.12 bits per heavy atom. The first-order chi connectivity index (χ1) is 7.71. The van der Waals surface area contributed by atoms with Crippen molar-refractivity contribution in [2.24, 2.45) is 5.41 Å². The van der Waals surface area contributed by atoms with Crippen molar-refractivity contribution in [2.45, 2.75) is 41.0 Å². The van der Waals surface area contributed by atoms with E-state index >= 15 is 0 Å². The van der Waals surface area contributed by atoms with Crippen molar-refractivity contribution in [3.8, 4) is 0 Å². The third-order valence-corrected chi connectivity index (χ3v) is 2.78. The van der Waals surface area contributed by atoms with E-state index in [9.17, 15) is 9.59 Å². The lowest BCUT2D eigenvalue weighted by Gasteiger charge is -2.15. The summed E-state index contributed by atoms with van der Waals surface area (Å²) in [6, 6.07) is 5.93. The van der Waals surface area contributed by atoms with Gasteiger partial charge in [-0.15, -0.1) is 0 Å². The Kier molecular flexibility index (Phi) is 3.87. The highest BCUT2D eigenvalue weighted by Gasteiger charge is 2.27. The number of carbonyl (C=O) groups is 2. The Hall–Kier alpha value is -1.44. The van der Waals surface area contributed by atoms with Gasteiger partial charge in [-0.3, -0.25) is 9.59 Å². The van der Waals surface area contributed by atoms with Crippen LogP contribution < -0.4 is 0 Å². The molecule has 0 amide bonds. The summed E-state index contributed by atoms with van der Waals surface area (Å²) >= 11 is 0. The molecule has 0 aliphatic carbocycles. The van der Waals surface area contributed by atoms with Crippen molar-refractivity contribution in [3.05, 3.63) is 34.9 Å². The largest absolute Gasteiger partial charge is 0.290 e. The highest BCUT2D eigenvalue weighted by Crippen LogP contribution is 2.18. The van der Waals surface area contributed by atoms with Gasteiger partial charge < -0.3 is 0 Å². The molecule has 0 radical (unpaired) electrons. The lowest BCUT2D eigenvalue weighted by Crippen LogP contribution is -2.29. The number of carbonyl (C=O) groups excluding carboxylic acids is 2. The van der Waals surface area contributed by atoms with Gasteiger partial charge in [0.25, 0.3) is 0 Å². The summed E-state index contributed by atoms with van der Waals surface area (Å²) in [6.07, 6.45) is 0.211. The predicted molar refractivity (Wildman–Crippen MR) is 69.1 cm³/mol. The Morgan fingerprint density at radius 3 is 2.18 bits per heavy atom. The summed E-state index contributed by atoms with van der Waals surface area (Å²) in [5.74, 6) is -0.595. The summed E-state index contributed by atoms with van der Waals surface area (Å²) in [5.41, 5.74) is 2.59. The molecular formula is C15H20O2. The fourth-order valence-electron chi connectivity index (χ4n) is 1.72. The average Bonchev–Trinajstić information content (AvgIpc) is 2.19. The van der Waals surface area contributed by atoms with Crippen LogP contribution in [-0.2, 0) is 16.0 Å². The number of Topliss-reactive ketones (excluding diaryl/α,β-unsaturated/α-hetero) is 2. The van der Waals surface area contributed by atoms with E-state index in [4.69, 9.17) is 0 Å². The zero-order valence-electron chi connectivity index (χ0n) is 11.3. The molecular weight excluding hydrogens is 212 g/mol. The molecule has 0 spiro atoms. The minimum Gasteiger partial charge on any atom is -0.290 e. The molecule has 0 saturated heterocycles. The monoisotopic (exact) mass is 232 g/mol. The molecule has 0 bridgehead atoms. The van der Waals surface area contributed by atoms with Gasteiger partial charge in [-0.2, -0.15) is 0 Å². The van der Waals surface area contributed by atoms with Gasteiger partial charge >= 0.3 is 0 Å². The van der Waals surface area contributed by atoms with Gasteiger partial charge in [0.05, 0.1) is 0 Å². The topological polar surface area (TPSA) is 34.1 Å². The van der Waals surface area contributed by atoms with Crippen molar-refractivity contribution < 1.29 is 9.59 Å². The number of benzene rings is 1. The maximum Gasteiger partial charge on any atom is 0.204 e. The van der Waals surface area contributed by atoms with E-state index in [0.29, 0.717) is 0 Å². The molecule has 0 unspecified atom stereocenters. The zero-order valence-corrected chi connectivity index (χ0v) is 11.3. The van der Waals surface area contributed by atoms with Gasteiger partial charge in [-0.25, -0.2) is 0 Å². The van der Waals surface area contributed by atoms with Crippen molar-refractivity contribution in [1.82, 2.24) is 0 Å². The Bertz CT molecular complexity index is 450. The molecule has 2 heteroatoms. The first-order valence-electron chi connectivity index (χ1n) is 5.85. The van der Waals surface area contributed by atoms with Crippen LogP contribution in [0.2, 0.25) is 0 Å². The standard InChI is InChI=1S/C15H20O2/c1-10-6-7-12(11(2)8-10)9-13(16)14(17)15(3,4)5/h6-8H,9H2,1-5H3. The van der Waals surface area contributed by atoms with Gasteiger partial charge in [0, 0.05) is 11.8 Å². The highest BCUT2D eigenvalue weighted by molar-refractivity contribution is 6.39. The zero-order chi connectivity index (χ0) is 13.2. The number of aryl methyl sites for hydroxylation is 2. The lowest BCUT2D eigenvalue weighted by atomic mass is 9.86. The molecule has 0 aromatic heterocycles. The van der Waals surface area contributed by atoms with Crippen LogP contribution in [0.1, 0.15) is 37.5 Å². The van der Waals surface area contributed by atoms with Gasteiger partial charge in [0.1, 0.15) is 0 Å². The maximum atomic E-state index is 11.8. The van der Waals surface area contributed by atoms with Gasteiger partial charge in [-0.05, 0) is 25.0 Å². The molecule has 0 fully saturated rings. The Labute approximate surface area is 103 Å². The smallest absolute Gasteiger partial charge is 0.204 e. The minimum atomic E-state index is -0.588. The van der Waals surface area contributed by atoms with Crippen molar-refractivity contribution in [3.63, 3.8) is 0 Å². The second-order valence-corrected chi connectivity index (χ2v) is 5.61. The lowest BCUT2D eigenvalue weighted by molar-refractivity contribution is -0.140. The van der Waals surface area contributed by atoms with Crippen molar-refractivity contribution in [2.75, 3.05) is 0 Å². The van der Waals surface area contributed by atoms with Crippen LogP contribution >= 0.6 is 0 Å². The second-order valence-electron chi connectivity index (χ2n) is 5.61. The van der Waals surface area contributed by atoms with Crippen LogP contribution in [-0.4, -0.2) is 11.6 Å². The molecule has 17 heavy (non-hydrogen) atoms. The number of rotatable bonds is 3. The van der Waals surface area contributed by atoms with E-state index in [1.807, 2.05) is 32.0 Å². The number of hydrogen-bond acceptors (Lipinski definition) is 2. The molecule has 1 aromatic rings. The number of ketones is 2. The molecule has 2 nitrogen and oxygen atoms in total. The highest BCUT2D eigenvalue weighted by atomic mass is 16.2. The minimum absolute atomic E-state index is 0.211. The van der Waals surface area contributed by atoms with Crippen molar-refractivity contribution >= 4 is 11.6 Å². The summed E-state index contributed by atoms with van der Waals surface area (Å²) in [7, 11) is 0. The van der Waals surface area contributed by atoms with E-state index in [2.05, 4.69) is 0 Å². The van der Waals surface area contributed by atoms with E-state index in [0.717, 1.165) is 11.1 Å². The molecule has 0 atom stereocenters. The Morgan fingerprint density at radius 2 is 1.71 bits per heavy atom. The fraction of sp³-hybridized carbons (Fsp3) is 0.467. The Balaban J connectivity index is 2.86. The van der Waals surface area contributed by atoms with Crippen LogP contribution in [0.3, 0.4) is 0 Å². The van der Waals surface area contributed by atoms with E-state index in [1.54, 1.807) is 20.8 Å². The van der Waals surface area contributed by atoms with E-state index in [1.165, 1.54) is 5.56 Å². The van der Waals surface area contributed by atoms with Crippen LogP contribution in [0.5, 0.6) is 0 Å². The van der Waals surface area contributed by atoms with Gasteiger partial charge in [0.15, 0.2) is 0 Å². The quantitative estimate of drug-likeness (QED) is 0.751. The van der Waals surface area contributed by atoms with Crippen LogP contribution in [0, 0.1) is 19.3 Å². The van der Waals surface area contributed by atoms with E-state index in [-0.39, 0.29) is 18.0 Å². The molecule has 92 valence electrons. The molecule has 0 N–H and O–H groups in total. The first kappa shape index (κ1) is 13.6. The summed E-state index contributed by atoms with van der Waals surface area (Å²) in [6.45, 7) is 9.30. The predicted octanol–water partition coefficient (Wildman–Crippen LogP) is 3.03. The first-order valence-corrected chi connectivity index (χ1v) is 5.85. The van der Waals surface area contributed by atoms with Crippen LogP contribution in [0.15, 0.2) is 18.2 Å². The summed E-state index contributed by atoms with van der Waals surface area (Å²) in [5, 5.41) is 0.